The van der Waals surface area contributed by atoms with Gasteiger partial charge in [0.2, 0.25) is 5.91 Å². The molecule has 3 nitrogen and oxygen atoms in total. The van der Waals surface area contributed by atoms with Crippen LogP contribution in [0.1, 0.15) is 15.9 Å². The van der Waals surface area contributed by atoms with Crippen LogP contribution in [0.3, 0.4) is 0 Å². The van der Waals surface area contributed by atoms with Gasteiger partial charge in [0.25, 0.3) is 0 Å². The van der Waals surface area contributed by atoms with Crippen molar-refractivity contribution in [1.82, 2.24) is 4.98 Å². The van der Waals surface area contributed by atoms with Crippen molar-refractivity contribution in [2.45, 2.75) is 12.1 Å². The molecule has 0 bridgehead atoms. The van der Waals surface area contributed by atoms with E-state index in [0.717, 1.165) is 12.1 Å². The van der Waals surface area contributed by atoms with E-state index in [1.165, 1.54) is 18.5 Å². The summed E-state index contributed by atoms with van der Waals surface area (Å²) in [4.78, 5) is 14.8. The van der Waals surface area contributed by atoms with Gasteiger partial charge in [-0.2, -0.15) is 22.0 Å². The molecule has 0 unspecified atom stereocenters. The Balaban J connectivity index is 2.38. The van der Waals surface area contributed by atoms with Gasteiger partial charge in [-0.1, -0.05) is 24.3 Å². The molecule has 0 radical (unpaired) electrons. The molecule has 116 valence electrons. The predicted molar refractivity (Wildman–Crippen MR) is 68.1 cm³/mol. The summed E-state index contributed by atoms with van der Waals surface area (Å²) in [6, 6.07) is 4.92. The summed E-state index contributed by atoms with van der Waals surface area (Å²) in [6.45, 7) is 0. The summed E-state index contributed by atoms with van der Waals surface area (Å²) >= 11 is 0. The van der Waals surface area contributed by atoms with E-state index < -0.39 is 23.6 Å². The molecule has 8 heteroatoms. The zero-order chi connectivity index (χ0) is 16.5. The summed E-state index contributed by atoms with van der Waals surface area (Å²) in [5, 5.41) is 0. The van der Waals surface area contributed by atoms with E-state index in [0.29, 0.717) is 23.3 Å². The summed E-state index contributed by atoms with van der Waals surface area (Å²) in [7, 11) is 0. The summed E-state index contributed by atoms with van der Waals surface area (Å²) in [5.41, 5.74) is 4.73. The summed E-state index contributed by atoms with van der Waals surface area (Å²) in [5.74, 6) is -5.66. The second kappa shape index (κ2) is 5.36. The molecule has 0 spiro atoms. The lowest BCUT2D eigenvalue weighted by Crippen LogP contribution is -2.33. The molecule has 0 aliphatic carbocycles. The predicted octanol–water partition coefficient (Wildman–Crippen LogP) is 3.50. The first kappa shape index (κ1) is 15.9. The van der Waals surface area contributed by atoms with Gasteiger partial charge in [0, 0.05) is 23.5 Å². The molecule has 2 aromatic rings. The van der Waals surface area contributed by atoms with Gasteiger partial charge in [-0.05, 0) is 11.6 Å². The number of nitrogens with two attached hydrogens (primary N) is 1. The number of hydrogen-bond acceptors (Lipinski definition) is 2. The van der Waals surface area contributed by atoms with Crippen LogP contribution >= 0.6 is 0 Å². The van der Waals surface area contributed by atoms with Crippen molar-refractivity contribution >= 4 is 5.91 Å². The number of amides is 1. The van der Waals surface area contributed by atoms with Gasteiger partial charge >= 0.3 is 12.1 Å². The van der Waals surface area contributed by atoms with Gasteiger partial charge in [0.15, 0.2) is 0 Å². The van der Waals surface area contributed by atoms with Crippen molar-refractivity contribution < 1.29 is 26.7 Å². The molecule has 1 heterocycles. The number of alkyl halides is 5. The second-order valence-electron chi connectivity index (χ2n) is 4.48. The van der Waals surface area contributed by atoms with Crippen molar-refractivity contribution in [2.24, 2.45) is 5.73 Å². The second-order valence-corrected chi connectivity index (χ2v) is 4.48. The number of nitrogens with zero attached hydrogens (tertiary/aromatic N) is 1. The first-order chi connectivity index (χ1) is 10.1. The van der Waals surface area contributed by atoms with Crippen molar-refractivity contribution in [3.8, 4) is 11.1 Å². The van der Waals surface area contributed by atoms with Gasteiger partial charge in [-0.3, -0.25) is 9.78 Å². The molecule has 0 atom stereocenters. The monoisotopic (exact) mass is 316 g/mol. The molecular formula is C14H9F5N2O. The minimum atomic E-state index is -5.66. The lowest BCUT2D eigenvalue weighted by Gasteiger charge is -2.20. The van der Waals surface area contributed by atoms with Crippen LogP contribution in [0.2, 0.25) is 0 Å². The fourth-order valence-electron chi connectivity index (χ4n) is 1.77. The highest BCUT2D eigenvalue weighted by Crippen LogP contribution is 2.44. The van der Waals surface area contributed by atoms with Crippen LogP contribution in [0.15, 0.2) is 42.7 Å². The quantitative estimate of drug-likeness (QED) is 0.881. The smallest absolute Gasteiger partial charge is 0.366 e. The molecule has 0 aliphatic rings. The van der Waals surface area contributed by atoms with E-state index in [-0.39, 0.29) is 5.56 Å². The molecule has 2 rings (SSSR count). The number of aromatic nitrogens is 1. The third kappa shape index (κ3) is 2.90. The van der Waals surface area contributed by atoms with E-state index >= 15 is 0 Å². The zero-order valence-corrected chi connectivity index (χ0v) is 10.9. The zero-order valence-electron chi connectivity index (χ0n) is 10.9. The van der Waals surface area contributed by atoms with Crippen LogP contribution in [0.25, 0.3) is 11.1 Å². The number of rotatable bonds is 3. The number of primary amides is 1. The summed E-state index contributed by atoms with van der Waals surface area (Å²) < 4.78 is 63.2. The molecular weight excluding hydrogens is 307 g/mol. The lowest BCUT2D eigenvalue weighted by atomic mass is 10.0. The maximum absolute atomic E-state index is 13.2. The maximum atomic E-state index is 13.2. The van der Waals surface area contributed by atoms with Crippen LogP contribution in [-0.4, -0.2) is 17.1 Å². The molecule has 2 N–H and O–H groups in total. The highest BCUT2D eigenvalue weighted by Gasteiger charge is 2.58. The van der Waals surface area contributed by atoms with Crippen LogP contribution in [0, 0.1) is 0 Å². The van der Waals surface area contributed by atoms with Crippen molar-refractivity contribution in [3.05, 3.63) is 53.9 Å². The molecule has 1 amide bonds. The Bertz CT molecular complexity index is 695. The first-order valence-electron chi connectivity index (χ1n) is 5.93. The molecule has 0 fully saturated rings. The van der Waals surface area contributed by atoms with E-state index in [9.17, 15) is 26.7 Å². The average Bonchev–Trinajstić information content (AvgIpc) is 2.46. The van der Waals surface area contributed by atoms with Crippen molar-refractivity contribution in [2.75, 3.05) is 0 Å². The molecule has 0 saturated heterocycles. The van der Waals surface area contributed by atoms with Crippen molar-refractivity contribution in [1.29, 1.82) is 0 Å². The van der Waals surface area contributed by atoms with E-state index in [1.54, 1.807) is 0 Å². The standard InChI is InChI=1S/C14H9F5N2O/c15-13(16,14(17,18)19)11-3-1-8(2-4-11)9-5-10(12(20)22)7-21-6-9/h1-7H,(H2,20,22). The van der Waals surface area contributed by atoms with Gasteiger partial charge < -0.3 is 5.73 Å². The van der Waals surface area contributed by atoms with Crippen LogP contribution in [-0.2, 0) is 5.92 Å². The lowest BCUT2D eigenvalue weighted by molar-refractivity contribution is -0.289. The van der Waals surface area contributed by atoms with Gasteiger partial charge in [-0.25, -0.2) is 0 Å². The molecule has 1 aromatic heterocycles. The number of carbonyl (C=O) groups excluding carboxylic acids is 1. The number of halogens is 5. The Morgan fingerprint density at radius 2 is 1.55 bits per heavy atom. The molecule has 22 heavy (non-hydrogen) atoms. The van der Waals surface area contributed by atoms with Crippen molar-refractivity contribution in [3.63, 3.8) is 0 Å². The Kier molecular flexibility index (Phi) is 3.87. The Morgan fingerprint density at radius 3 is 2.05 bits per heavy atom. The number of benzene rings is 1. The maximum Gasteiger partial charge on any atom is 0.458 e. The minimum absolute atomic E-state index is 0.0993. The average molecular weight is 316 g/mol. The fourth-order valence-corrected chi connectivity index (χ4v) is 1.77. The minimum Gasteiger partial charge on any atom is -0.366 e. The van der Waals surface area contributed by atoms with Gasteiger partial charge in [-0.15, -0.1) is 0 Å². The Morgan fingerprint density at radius 1 is 0.955 bits per heavy atom. The first-order valence-corrected chi connectivity index (χ1v) is 5.93. The number of hydrogen-bond donors (Lipinski definition) is 1. The van der Waals surface area contributed by atoms with E-state index in [1.807, 2.05) is 0 Å². The summed E-state index contributed by atoms with van der Waals surface area (Å²) in [6.07, 6.45) is -3.11. The highest BCUT2D eigenvalue weighted by molar-refractivity contribution is 5.93. The number of carbonyl (C=O) groups is 1. The SMILES string of the molecule is NC(=O)c1cncc(-c2ccc(C(F)(F)C(F)(F)F)cc2)c1. The van der Waals surface area contributed by atoms with E-state index in [4.69, 9.17) is 5.73 Å². The third-order valence-corrected chi connectivity index (χ3v) is 2.96. The van der Waals surface area contributed by atoms with Gasteiger partial charge in [0.05, 0.1) is 5.56 Å². The Labute approximate surface area is 121 Å². The molecule has 1 aromatic carbocycles. The molecule has 0 aliphatic heterocycles. The number of pyridine rings is 1. The largest absolute Gasteiger partial charge is 0.458 e. The highest BCUT2D eigenvalue weighted by atomic mass is 19.4. The normalized spacial score (nSPS) is 12.2. The van der Waals surface area contributed by atoms with Crippen LogP contribution in [0.4, 0.5) is 22.0 Å². The topological polar surface area (TPSA) is 56.0 Å². The van der Waals surface area contributed by atoms with Gasteiger partial charge in [0.1, 0.15) is 0 Å². The third-order valence-electron chi connectivity index (χ3n) is 2.96. The Hall–Kier alpha value is -2.51. The van der Waals surface area contributed by atoms with E-state index in [2.05, 4.69) is 4.98 Å². The van der Waals surface area contributed by atoms with Crippen LogP contribution in [0.5, 0.6) is 0 Å². The molecule has 0 saturated carbocycles. The van der Waals surface area contributed by atoms with Crippen LogP contribution < -0.4 is 5.73 Å². The fraction of sp³-hybridized carbons (Fsp3) is 0.143.